The monoisotopic (exact) mass is 589 g/mol. The lowest BCUT2D eigenvalue weighted by molar-refractivity contribution is -0.134. The molecule has 0 fully saturated rings. The highest BCUT2D eigenvalue weighted by atomic mass is 16.2. The van der Waals surface area contributed by atoms with Gasteiger partial charge >= 0.3 is 0 Å². The topological polar surface area (TPSA) is 86.2 Å². The van der Waals surface area contributed by atoms with E-state index in [1.165, 1.54) is 116 Å². The first kappa shape index (κ1) is 40.7. The van der Waals surface area contributed by atoms with Crippen molar-refractivity contribution in [1.82, 2.24) is 0 Å². The van der Waals surface area contributed by atoms with Crippen LogP contribution in [0.1, 0.15) is 194 Å². The van der Waals surface area contributed by atoms with Crippen molar-refractivity contribution in [2.45, 2.75) is 199 Å². The van der Waals surface area contributed by atoms with Crippen LogP contribution in [0.25, 0.3) is 0 Å². The van der Waals surface area contributed by atoms with Crippen LogP contribution < -0.4 is 11.5 Å². The summed E-state index contributed by atoms with van der Waals surface area (Å²) in [6.45, 7) is 4.44. The highest BCUT2D eigenvalue weighted by Gasteiger charge is 2.38. The molecule has 0 aliphatic carbocycles. The number of carbonyl (C=O) groups excluding carboxylic acids is 2. The molecule has 0 bridgehead atoms. The van der Waals surface area contributed by atoms with Crippen LogP contribution in [0.3, 0.4) is 0 Å². The highest BCUT2D eigenvalue weighted by molar-refractivity contribution is 6.11. The van der Waals surface area contributed by atoms with Crippen molar-refractivity contribution >= 4 is 11.6 Å². The minimum atomic E-state index is -1.48. The third-order valence-corrected chi connectivity index (χ3v) is 8.65. The van der Waals surface area contributed by atoms with Gasteiger partial charge in [-0.2, -0.15) is 0 Å². The van der Waals surface area contributed by atoms with Crippen molar-refractivity contribution in [3.05, 3.63) is 24.3 Å². The van der Waals surface area contributed by atoms with Gasteiger partial charge in [0.15, 0.2) is 11.6 Å². The first-order valence-electron chi connectivity index (χ1n) is 18.4. The van der Waals surface area contributed by atoms with Gasteiger partial charge in [0.2, 0.25) is 0 Å². The quantitative estimate of drug-likeness (QED) is 0.0453. The minimum Gasteiger partial charge on any atom is -0.328 e. The molecule has 0 saturated carbocycles. The summed E-state index contributed by atoms with van der Waals surface area (Å²) in [6.07, 6.45) is 41.8. The Morgan fingerprint density at radius 3 is 1.00 bits per heavy atom. The van der Waals surface area contributed by atoms with E-state index in [4.69, 9.17) is 11.5 Å². The maximum absolute atomic E-state index is 12.8. The second kappa shape index (κ2) is 31.2. The molecule has 0 aromatic carbocycles. The van der Waals surface area contributed by atoms with E-state index in [0.29, 0.717) is 12.8 Å². The SMILES string of the molecule is CCCCCCCCC=CCCCCCCCC(=O)C(N)(CN)C(=O)CCCCCCCC=CCCCCCCCC. The molecule has 246 valence electrons. The summed E-state index contributed by atoms with van der Waals surface area (Å²) < 4.78 is 0. The molecule has 4 nitrogen and oxygen atoms in total. The van der Waals surface area contributed by atoms with Crippen molar-refractivity contribution in [2.75, 3.05) is 6.54 Å². The molecule has 0 aromatic rings. The second-order valence-electron chi connectivity index (χ2n) is 12.7. The molecule has 0 spiro atoms. The standard InChI is InChI=1S/C38H72N2O2/c1-3-5-7-9-11-13-15-17-19-21-23-25-27-29-31-33-36(41)38(40,35-39)37(42)34-32-30-28-26-24-22-20-18-16-14-12-10-8-6-4-2/h17-20H,3-16,21-35,39-40H2,1-2H3. The Kier molecular flexibility index (Phi) is 30.2. The Bertz CT molecular complexity index is 618. The molecular formula is C38H72N2O2. The predicted molar refractivity (Wildman–Crippen MR) is 185 cm³/mol. The second-order valence-corrected chi connectivity index (χ2v) is 12.7. The molecule has 0 rings (SSSR count). The number of ketones is 2. The largest absolute Gasteiger partial charge is 0.328 e. The van der Waals surface area contributed by atoms with Gasteiger partial charge in [-0.1, -0.05) is 141 Å². The van der Waals surface area contributed by atoms with Gasteiger partial charge in [-0.25, -0.2) is 0 Å². The zero-order valence-corrected chi connectivity index (χ0v) is 28.3. The molecule has 0 aliphatic rings. The van der Waals surface area contributed by atoms with E-state index in [1.54, 1.807) is 0 Å². The van der Waals surface area contributed by atoms with E-state index in [9.17, 15) is 9.59 Å². The molecule has 0 radical (unpaired) electrons. The number of rotatable bonds is 33. The van der Waals surface area contributed by atoms with Gasteiger partial charge in [0.25, 0.3) is 0 Å². The van der Waals surface area contributed by atoms with E-state index < -0.39 is 5.54 Å². The maximum Gasteiger partial charge on any atom is 0.161 e. The average molecular weight is 589 g/mol. The van der Waals surface area contributed by atoms with Gasteiger partial charge in [0.05, 0.1) is 0 Å². The number of unbranched alkanes of at least 4 members (excludes halogenated alkanes) is 22. The van der Waals surface area contributed by atoms with Crippen molar-refractivity contribution < 1.29 is 9.59 Å². The fourth-order valence-electron chi connectivity index (χ4n) is 5.54. The lowest BCUT2D eigenvalue weighted by atomic mass is 9.84. The summed E-state index contributed by atoms with van der Waals surface area (Å²) in [5, 5.41) is 0. The molecule has 0 aliphatic heterocycles. The lowest BCUT2D eigenvalue weighted by Crippen LogP contribution is -2.60. The van der Waals surface area contributed by atoms with E-state index >= 15 is 0 Å². The molecule has 4 heteroatoms. The highest BCUT2D eigenvalue weighted by Crippen LogP contribution is 2.17. The fourth-order valence-corrected chi connectivity index (χ4v) is 5.54. The predicted octanol–water partition coefficient (Wildman–Crippen LogP) is 10.9. The number of Topliss-reactive ketones (excluding diaryl/α,β-unsaturated/α-hetero) is 2. The van der Waals surface area contributed by atoms with Crippen LogP contribution in [0.2, 0.25) is 0 Å². The third kappa shape index (κ3) is 24.2. The fraction of sp³-hybridized carbons (Fsp3) is 0.842. The zero-order chi connectivity index (χ0) is 31.0. The van der Waals surface area contributed by atoms with Crippen molar-refractivity contribution in [3.63, 3.8) is 0 Å². The summed E-state index contributed by atoms with van der Waals surface area (Å²) >= 11 is 0. The molecule has 0 unspecified atom stereocenters. The Morgan fingerprint density at radius 2 is 0.714 bits per heavy atom. The minimum absolute atomic E-state index is 0.0825. The van der Waals surface area contributed by atoms with Crippen LogP contribution in [0.15, 0.2) is 24.3 Å². The van der Waals surface area contributed by atoms with E-state index in [0.717, 1.165) is 51.4 Å². The lowest BCUT2D eigenvalue weighted by Gasteiger charge is -2.25. The Labute approximate surface area is 262 Å². The first-order chi connectivity index (χ1) is 20.5. The van der Waals surface area contributed by atoms with Gasteiger partial charge in [0, 0.05) is 19.4 Å². The van der Waals surface area contributed by atoms with E-state index in [1.807, 2.05) is 0 Å². The van der Waals surface area contributed by atoms with Crippen LogP contribution in [0.5, 0.6) is 0 Å². The van der Waals surface area contributed by atoms with Crippen LogP contribution in [-0.2, 0) is 9.59 Å². The van der Waals surface area contributed by atoms with Crippen molar-refractivity contribution in [2.24, 2.45) is 11.5 Å². The Hall–Kier alpha value is -1.26. The van der Waals surface area contributed by atoms with Crippen LogP contribution in [-0.4, -0.2) is 23.7 Å². The van der Waals surface area contributed by atoms with Gasteiger partial charge in [-0.3, -0.25) is 9.59 Å². The molecule has 4 N–H and O–H groups in total. The van der Waals surface area contributed by atoms with Crippen molar-refractivity contribution in [1.29, 1.82) is 0 Å². The van der Waals surface area contributed by atoms with E-state index in [2.05, 4.69) is 38.2 Å². The molecule has 0 saturated heterocycles. The normalized spacial score (nSPS) is 13.3. The molecule has 42 heavy (non-hydrogen) atoms. The number of allylic oxidation sites excluding steroid dienone is 4. The average Bonchev–Trinajstić information content (AvgIpc) is 3.00. The Balaban J connectivity index is 3.77. The van der Waals surface area contributed by atoms with E-state index in [-0.39, 0.29) is 18.1 Å². The number of hydrogen-bond donors (Lipinski definition) is 2. The number of nitrogens with two attached hydrogens (primary N) is 2. The number of carbonyl (C=O) groups is 2. The maximum atomic E-state index is 12.8. The zero-order valence-electron chi connectivity index (χ0n) is 28.3. The summed E-state index contributed by atoms with van der Waals surface area (Å²) in [5.41, 5.74) is 10.6. The molecule has 0 heterocycles. The van der Waals surface area contributed by atoms with Crippen LogP contribution >= 0.6 is 0 Å². The summed E-state index contributed by atoms with van der Waals surface area (Å²) in [4.78, 5) is 25.6. The van der Waals surface area contributed by atoms with Crippen LogP contribution in [0.4, 0.5) is 0 Å². The smallest absolute Gasteiger partial charge is 0.161 e. The summed E-state index contributed by atoms with van der Waals surface area (Å²) in [5.74, 6) is -0.333. The Morgan fingerprint density at radius 1 is 0.452 bits per heavy atom. The molecule has 0 aromatic heterocycles. The van der Waals surface area contributed by atoms with Gasteiger partial charge < -0.3 is 11.5 Å². The van der Waals surface area contributed by atoms with Crippen LogP contribution in [0, 0.1) is 0 Å². The van der Waals surface area contributed by atoms with Crippen molar-refractivity contribution in [3.8, 4) is 0 Å². The first-order valence-corrected chi connectivity index (χ1v) is 18.4. The summed E-state index contributed by atoms with van der Waals surface area (Å²) in [6, 6.07) is 0. The van der Waals surface area contributed by atoms with Gasteiger partial charge in [-0.15, -0.1) is 0 Å². The van der Waals surface area contributed by atoms with Gasteiger partial charge in [0.1, 0.15) is 5.54 Å². The number of hydrogen-bond acceptors (Lipinski definition) is 4. The molecule has 0 atom stereocenters. The summed E-state index contributed by atoms with van der Waals surface area (Å²) in [7, 11) is 0. The van der Waals surface area contributed by atoms with Gasteiger partial charge in [-0.05, 0) is 64.2 Å². The molecular weight excluding hydrogens is 516 g/mol. The molecule has 0 amide bonds. The third-order valence-electron chi connectivity index (χ3n) is 8.65.